The predicted molar refractivity (Wildman–Crippen MR) is 90.8 cm³/mol. The second-order valence-corrected chi connectivity index (χ2v) is 6.38. The van der Waals surface area contributed by atoms with Crippen LogP contribution in [0.5, 0.6) is 0 Å². The van der Waals surface area contributed by atoms with Crippen LogP contribution < -0.4 is 10.7 Å². The van der Waals surface area contributed by atoms with Gasteiger partial charge in [0.05, 0.1) is 5.92 Å². The minimum atomic E-state index is -0.892. The number of carboxylic acids is 1. The first kappa shape index (κ1) is 17.8. The zero-order valence-corrected chi connectivity index (χ0v) is 14.1. The third kappa shape index (κ3) is 3.49. The number of carbonyl (C=O) groups is 2. The Morgan fingerprint density at radius 3 is 2.69 bits per heavy atom. The van der Waals surface area contributed by atoms with Gasteiger partial charge in [0.25, 0.3) is 5.91 Å². The van der Waals surface area contributed by atoms with E-state index in [0.717, 1.165) is 0 Å². The first-order valence-electron chi connectivity index (χ1n) is 8.26. The van der Waals surface area contributed by atoms with E-state index in [1.165, 1.54) is 28.9 Å². The summed E-state index contributed by atoms with van der Waals surface area (Å²) in [6.45, 7) is 1.59. The molecule has 26 heavy (non-hydrogen) atoms. The maximum atomic E-state index is 14.0. The number of hydrogen-bond acceptors (Lipinski definition) is 4. The summed E-state index contributed by atoms with van der Waals surface area (Å²) in [6, 6.07) is 6.82. The molecule has 1 amide bonds. The second-order valence-electron chi connectivity index (χ2n) is 6.38. The number of aromatic nitrogens is 2. The smallest absolute Gasteiger partial charge is 0.306 e. The summed E-state index contributed by atoms with van der Waals surface area (Å²) in [6.07, 6.45) is 1.31. The number of aliphatic carboxylic acids is 1. The Hall–Kier alpha value is -3.03. The number of hydrogen-bond donors (Lipinski definition) is 2. The van der Waals surface area contributed by atoms with Crippen molar-refractivity contribution in [2.75, 3.05) is 0 Å². The summed E-state index contributed by atoms with van der Waals surface area (Å²) < 4.78 is 15.2. The number of carboxylic acid groups (broad SMARTS) is 1. The van der Waals surface area contributed by atoms with Crippen LogP contribution >= 0.6 is 0 Å². The Balaban J connectivity index is 1.87. The number of carbonyl (C=O) groups excluding carboxylic acids is 1. The molecule has 1 aromatic carbocycles. The van der Waals surface area contributed by atoms with Gasteiger partial charge >= 0.3 is 5.97 Å². The molecule has 3 rings (SSSR count). The van der Waals surface area contributed by atoms with E-state index in [1.54, 1.807) is 13.0 Å². The van der Waals surface area contributed by atoms with Crippen LogP contribution in [0.2, 0.25) is 0 Å². The molecule has 0 saturated heterocycles. The molecule has 2 aromatic rings. The van der Waals surface area contributed by atoms with E-state index in [9.17, 15) is 18.8 Å². The van der Waals surface area contributed by atoms with E-state index < -0.39 is 29.0 Å². The molecule has 2 N–H and O–H groups in total. The van der Waals surface area contributed by atoms with Gasteiger partial charge in [0, 0.05) is 17.8 Å². The van der Waals surface area contributed by atoms with Crippen LogP contribution in [0.1, 0.15) is 35.4 Å². The lowest BCUT2D eigenvalue weighted by Gasteiger charge is -2.14. The standard InChI is InChI=1S/C18H18FN3O4/c1-10-8-15(23)16(21-22(10)14-5-3-2-4-13(14)19)17(24)20-12-7-6-11(9-12)18(25)26/h2-5,8,11-12H,6-7,9H2,1H3,(H,20,24)(H,25,26)/t11-,12+/m1/s1. The van der Waals surface area contributed by atoms with Crippen molar-refractivity contribution in [1.82, 2.24) is 15.1 Å². The first-order chi connectivity index (χ1) is 12.4. The summed E-state index contributed by atoms with van der Waals surface area (Å²) in [7, 11) is 0. The van der Waals surface area contributed by atoms with Crippen LogP contribution in [-0.2, 0) is 4.79 Å². The second kappa shape index (κ2) is 7.07. The summed E-state index contributed by atoms with van der Waals surface area (Å²) in [5.74, 6) is -2.60. The molecule has 8 heteroatoms. The molecule has 1 heterocycles. The van der Waals surface area contributed by atoms with Gasteiger partial charge < -0.3 is 10.4 Å². The quantitative estimate of drug-likeness (QED) is 0.865. The number of para-hydroxylation sites is 1. The van der Waals surface area contributed by atoms with Crippen LogP contribution in [0.4, 0.5) is 4.39 Å². The SMILES string of the molecule is Cc1cc(=O)c(C(=O)N[C@H]2CC[C@@H](C(=O)O)C2)nn1-c1ccccc1F. The molecule has 0 aliphatic heterocycles. The number of benzene rings is 1. The molecule has 0 unspecified atom stereocenters. The number of amides is 1. The van der Waals surface area contributed by atoms with Gasteiger partial charge in [-0.1, -0.05) is 12.1 Å². The van der Waals surface area contributed by atoms with Crippen molar-refractivity contribution in [3.63, 3.8) is 0 Å². The highest BCUT2D eigenvalue weighted by atomic mass is 19.1. The predicted octanol–water partition coefficient (Wildman–Crippen LogP) is 1.66. The van der Waals surface area contributed by atoms with E-state index in [-0.39, 0.29) is 17.4 Å². The lowest BCUT2D eigenvalue weighted by Crippen LogP contribution is -2.37. The molecule has 0 spiro atoms. The topological polar surface area (TPSA) is 101 Å². The number of halogens is 1. The van der Waals surface area contributed by atoms with Gasteiger partial charge in [-0.05, 0) is 38.3 Å². The van der Waals surface area contributed by atoms with Gasteiger partial charge in [0.2, 0.25) is 5.43 Å². The Labute approximate surface area is 148 Å². The fraction of sp³-hybridized carbons (Fsp3) is 0.333. The van der Waals surface area contributed by atoms with E-state index in [1.807, 2.05) is 0 Å². The minimum absolute atomic E-state index is 0.130. The van der Waals surface area contributed by atoms with E-state index >= 15 is 0 Å². The van der Waals surface area contributed by atoms with Crippen molar-refractivity contribution in [1.29, 1.82) is 0 Å². The highest BCUT2D eigenvalue weighted by Crippen LogP contribution is 2.25. The lowest BCUT2D eigenvalue weighted by molar-refractivity contribution is -0.141. The lowest BCUT2D eigenvalue weighted by atomic mass is 10.1. The average Bonchev–Trinajstić information content (AvgIpc) is 3.04. The largest absolute Gasteiger partial charge is 0.481 e. The van der Waals surface area contributed by atoms with Crippen molar-refractivity contribution < 1.29 is 19.1 Å². The molecule has 136 valence electrons. The maximum Gasteiger partial charge on any atom is 0.306 e. The molecular weight excluding hydrogens is 341 g/mol. The van der Waals surface area contributed by atoms with Gasteiger partial charge in [0.15, 0.2) is 5.69 Å². The number of nitrogens with zero attached hydrogens (tertiary/aromatic N) is 2. The van der Waals surface area contributed by atoms with E-state index in [4.69, 9.17) is 5.11 Å². The molecule has 0 bridgehead atoms. The van der Waals surface area contributed by atoms with Crippen LogP contribution in [0, 0.1) is 18.7 Å². The third-order valence-corrected chi connectivity index (χ3v) is 4.52. The Morgan fingerprint density at radius 1 is 1.31 bits per heavy atom. The number of nitrogens with one attached hydrogen (secondary N) is 1. The summed E-state index contributed by atoms with van der Waals surface area (Å²) in [5, 5.41) is 15.7. The molecular formula is C18H18FN3O4. The molecule has 1 aromatic heterocycles. The van der Waals surface area contributed by atoms with Crippen molar-refractivity contribution in [3.05, 3.63) is 57.8 Å². The molecule has 1 saturated carbocycles. The zero-order chi connectivity index (χ0) is 18.8. The van der Waals surface area contributed by atoms with Crippen LogP contribution in [0.3, 0.4) is 0 Å². The van der Waals surface area contributed by atoms with Gasteiger partial charge in [-0.3, -0.25) is 14.4 Å². The summed E-state index contributed by atoms with van der Waals surface area (Å²) >= 11 is 0. The van der Waals surface area contributed by atoms with E-state index in [0.29, 0.717) is 25.0 Å². The monoisotopic (exact) mass is 359 g/mol. The van der Waals surface area contributed by atoms with Crippen molar-refractivity contribution in [3.8, 4) is 5.69 Å². The van der Waals surface area contributed by atoms with Crippen LogP contribution in [-0.4, -0.2) is 32.8 Å². The fourth-order valence-corrected chi connectivity index (χ4v) is 3.16. The normalized spacial score (nSPS) is 19.3. The van der Waals surface area contributed by atoms with Gasteiger partial charge in [0.1, 0.15) is 11.5 Å². The van der Waals surface area contributed by atoms with Crippen LogP contribution in [0.25, 0.3) is 5.69 Å². The average molecular weight is 359 g/mol. The maximum absolute atomic E-state index is 14.0. The van der Waals surface area contributed by atoms with Gasteiger partial charge in [-0.25, -0.2) is 9.07 Å². The van der Waals surface area contributed by atoms with Crippen LogP contribution in [0.15, 0.2) is 35.1 Å². The molecule has 7 nitrogen and oxygen atoms in total. The first-order valence-corrected chi connectivity index (χ1v) is 8.26. The highest BCUT2D eigenvalue weighted by molar-refractivity contribution is 5.92. The molecule has 1 fully saturated rings. The van der Waals surface area contributed by atoms with Crippen molar-refractivity contribution in [2.24, 2.45) is 5.92 Å². The Kier molecular flexibility index (Phi) is 4.83. The summed E-state index contributed by atoms with van der Waals surface area (Å²) in [4.78, 5) is 35.6. The summed E-state index contributed by atoms with van der Waals surface area (Å²) in [5.41, 5.74) is -0.396. The Morgan fingerprint density at radius 2 is 2.04 bits per heavy atom. The van der Waals surface area contributed by atoms with E-state index in [2.05, 4.69) is 10.4 Å². The van der Waals surface area contributed by atoms with Gasteiger partial charge in [-0.15, -0.1) is 0 Å². The molecule has 2 atom stereocenters. The zero-order valence-electron chi connectivity index (χ0n) is 14.1. The number of aryl methyl sites for hydroxylation is 1. The molecule has 0 radical (unpaired) electrons. The fourth-order valence-electron chi connectivity index (χ4n) is 3.16. The van der Waals surface area contributed by atoms with Crippen molar-refractivity contribution in [2.45, 2.75) is 32.2 Å². The van der Waals surface area contributed by atoms with Gasteiger partial charge in [-0.2, -0.15) is 5.10 Å². The highest BCUT2D eigenvalue weighted by Gasteiger charge is 2.31. The minimum Gasteiger partial charge on any atom is -0.481 e. The third-order valence-electron chi connectivity index (χ3n) is 4.52. The molecule has 1 aliphatic carbocycles. The number of rotatable bonds is 4. The molecule has 1 aliphatic rings. The van der Waals surface area contributed by atoms with Crippen molar-refractivity contribution >= 4 is 11.9 Å². The Bertz CT molecular complexity index is 925.